The number of hydrogen-bond acceptors (Lipinski definition) is 12. The van der Waals surface area contributed by atoms with Crippen LogP contribution >= 0.6 is 0 Å². The topological polar surface area (TPSA) is 229 Å². The fraction of sp³-hybridized carbons (Fsp3) is 0.255. The number of rotatable bonds is 19. The summed E-state index contributed by atoms with van der Waals surface area (Å²) in [6.45, 7) is 2.83. The molecule has 0 saturated carbocycles. The Morgan fingerprint density at radius 3 is 1.91 bits per heavy atom. The molecule has 3 N–H and O–H groups in total. The summed E-state index contributed by atoms with van der Waals surface area (Å²) in [5.41, 5.74) is 4.11. The number of carbonyl (C=O) groups excluding carboxylic acids is 5. The number of sulfone groups is 1. The monoisotopic (exact) mass is 1110 g/mol. The molecule has 0 spiro atoms. The third kappa shape index (κ3) is 18.4. The average Bonchev–Trinajstić information content (AvgIpc) is 4.13. The van der Waals surface area contributed by atoms with Crippen LogP contribution < -0.4 is 16.0 Å². The van der Waals surface area contributed by atoms with E-state index in [2.05, 4.69) is 48.2 Å². The second kappa shape index (κ2) is 27.5. The van der Waals surface area contributed by atoms with E-state index in [0.29, 0.717) is 24.2 Å². The molecule has 1 unspecified atom stereocenters. The van der Waals surface area contributed by atoms with Crippen molar-refractivity contribution in [2.24, 2.45) is 0 Å². The number of nitrogens with zero attached hydrogens (tertiary/aromatic N) is 7. The summed E-state index contributed by atoms with van der Waals surface area (Å²) in [4.78, 5) is 70.3. The molecule has 1 aliphatic rings. The van der Waals surface area contributed by atoms with E-state index in [-0.39, 0.29) is 82.7 Å². The van der Waals surface area contributed by atoms with Crippen molar-refractivity contribution in [3.05, 3.63) is 158 Å². The zero-order chi connectivity index (χ0) is 47.2. The SMILES string of the molecule is Cc1ccnc(-c2cc(C(=O)NC(CS(C)(=O)=O)C(=O)NCCCCC(=O)NCCOCCN3C(=O)C=CC3=O)ccn2)c1.[Ir].[c-]1ccccc1-n1cccn1.[c-]1ccccc1-n1cccn1. The molecule has 6 aromatic rings. The molecule has 353 valence electrons. The van der Waals surface area contributed by atoms with Crippen LogP contribution in [0.3, 0.4) is 0 Å². The summed E-state index contributed by atoms with van der Waals surface area (Å²) in [6.07, 6.45) is 14.8. The van der Waals surface area contributed by atoms with Gasteiger partial charge in [-0.2, -0.15) is 58.7 Å². The normalized spacial score (nSPS) is 12.1. The van der Waals surface area contributed by atoms with Gasteiger partial charge in [-0.1, -0.05) is 0 Å². The van der Waals surface area contributed by atoms with Crippen LogP contribution in [0, 0.1) is 19.1 Å². The number of carbonyl (C=O) groups is 5. The largest absolute Gasteiger partial charge is 0.378 e. The molecule has 18 nitrogen and oxygen atoms in total. The molecule has 5 heterocycles. The van der Waals surface area contributed by atoms with E-state index in [0.717, 1.165) is 28.1 Å². The Balaban J connectivity index is 0.000000340. The average molecular weight is 1110 g/mol. The fourth-order valence-electron chi connectivity index (χ4n) is 6.00. The summed E-state index contributed by atoms with van der Waals surface area (Å²) >= 11 is 0. The number of pyridine rings is 2. The molecular formula is C47H50IrN10O8S-2. The van der Waals surface area contributed by atoms with Gasteiger partial charge in [0.05, 0.1) is 36.9 Å². The maximum atomic E-state index is 13.0. The smallest absolute Gasteiger partial charge is 0.253 e. The van der Waals surface area contributed by atoms with Crippen LogP contribution in [-0.4, -0.2) is 123 Å². The van der Waals surface area contributed by atoms with Gasteiger partial charge in [0.1, 0.15) is 15.9 Å². The van der Waals surface area contributed by atoms with Crippen LogP contribution in [0.15, 0.2) is 134 Å². The third-order valence-electron chi connectivity index (χ3n) is 9.24. The number of unbranched alkanes of at least 4 members (excludes halogenated alkanes) is 1. The second-order valence-electron chi connectivity index (χ2n) is 14.5. The Morgan fingerprint density at radius 2 is 1.36 bits per heavy atom. The van der Waals surface area contributed by atoms with Gasteiger partial charge >= 0.3 is 0 Å². The fourth-order valence-corrected chi connectivity index (χ4v) is 6.84. The van der Waals surface area contributed by atoms with E-state index in [4.69, 9.17) is 4.74 Å². The van der Waals surface area contributed by atoms with Crippen molar-refractivity contribution < 1.29 is 57.2 Å². The number of aromatic nitrogens is 6. The van der Waals surface area contributed by atoms with Gasteiger partial charge in [-0.25, -0.2) is 8.42 Å². The third-order valence-corrected chi connectivity index (χ3v) is 10.2. The molecule has 1 radical (unpaired) electrons. The first-order chi connectivity index (χ1) is 31.9. The Kier molecular flexibility index (Phi) is 21.6. The minimum atomic E-state index is -3.62. The molecule has 4 aromatic heterocycles. The van der Waals surface area contributed by atoms with Crippen LogP contribution in [0.1, 0.15) is 35.2 Å². The van der Waals surface area contributed by atoms with Crippen LogP contribution in [0.25, 0.3) is 22.8 Å². The predicted octanol–water partition coefficient (Wildman–Crippen LogP) is 3.28. The quantitative estimate of drug-likeness (QED) is 0.0604. The molecule has 0 fully saturated rings. The van der Waals surface area contributed by atoms with Crippen molar-refractivity contribution >= 4 is 39.4 Å². The molecule has 20 heteroatoms. The van der Waals surface area contributed by atoms with Gasteiger partial charge in [0.25, 0.3) is 17.7 Å². The van der Waals surface area contributed by atoms with Gasteiger partial charge in [-0.15, -0.1) is 12.1 Å². The minimum Gasteiger partial charge on any atom is -0.378 e. The van der Waals surface area contributed by atoms with E-state index >= 15 is 0 Å². The molecule has 1 atom stereocenters. The molecule has 0 bridgehead atoms. The number of ether oxygens (including phenoxy) is 1. The molecule has 2 aromatic carbocycles. The van der Waals surface area contributed by atoms with Crippen LogP contribution in [0.4, 0.5) is 0 Å². The molecule has 5 amide bonds. The Bertz CT molecular complexity index is 2550. The maximum absolute atomic E-state index is 13.0. The van der Waals surface area contributed by atoms with Crippen molar-refractivity contribution in [1.82, 2.24) is 50.4 Å². The van der Waals surface area contributed by atoms with E-state index in [9.17, 15) is 32.4 Å². The van der Waals surface area contributed by atoms with Crippen molar-refractivity contribution in [1.29, 1.82) is 0 Å². The van der Waals surface area contributed by atoms with Crippen molar-refractivity contribution in [2.75, 3.05) is 44.9 Å². The Labute approximate surface area is 402 Å². The molecule has 67 heavy (non-hydrogen) atoms. The summed E-state index contributed by atoms with van der Waals surface area (Å²) in [5, 5.41) is 16.0. The molecule has 1 aliphatic heterocycles. The number of aryl methyl sites for hydroxylation is 1. The number of nitrogens with one attached hydrogen (secondary N) is 3. The minimum absolute atomic E-state index is 0. The zero-order valence-electron chi connectivity index (χ0n) is 36.8. The van der Waals surface area contributed by atoms with Gasteiger partial charge < -0.3 is 20.7 Å². The second-order valence-corrected chi connectivity index (χ2v) is 16.7. The number of amides is 5. The van der Waals surface area contributed by atoms with Crippen LogP contribution in [0.5, 0.6) is 0 Å². The van der Waals surface area contributed by atoms with Crippen molar-refractivity contribution in [3.8, 4) is 22.8 Å². The first-order valence-corrected chi connectivity index (χ1v) is 22.9. The maximum Gasteiger partial charge on any atom is 0.253 e. The van der Waals surface area contributed by atoms with Crippen molar-refractivity contribution in [3.63, 3.8) is 0 Å². The Morgan fingerprint density at radius 1 is 0.746 bits per heavy atom. The van der Waals surface area contributed by atoms with Gasteiger partial charge in [0.2, 0.25) is 11.8 Å². The van der Waals surface area contributed by atoms with Gasteiger partial charge in [-0.3, -0.25) is 48.2 Å². The van der Waals surface area contributed by atoms with Gasteiger partial charge in [0, 0.05) is 101 Å². The first kappa shape index (κ1) is 52.6. The number of imide groups is 1. The summed E-state index contributed by atoms with van der Waals surface area (Å²) in [7, 11) is -3.62. The number of benzene rings is 2. The summed E-state index contributed by atoms with van der Waals surface area (Å²) in [6, 6.07) is 30.7. The Hall–Kier alpha value is -6.99. The van der Waals surface area contributed by atoms with E-state index in [1.165, 1.54) is 30.5 Å². The molecule has 7 rings (SSSR count). The van der Waals surface area contributed by atoms with Crippen molar-refractivity contribution in [2.45, 2.75) is 32.2 Å². The van der Waals surface area contributed by atoms with Crippen LogP contribution in [-0.2, 0) is 53.9 Å². The number of hydrogen-bond donors (Lipinski definition) is 3. The standard InChI is InChI=1S/C29H36N6O8S.2C9H7N2.Ir/c1-20-8-11-30-22(17-20)23-18-21(9-12-31-23)28(39)34-24(19-44(2,41)42)29(40)33-10-4-3-5-25(36)32-13-15-43-16-14-35-26(37)6-7-27(35)38;2*1-2-5-9(6-3-1)11-8-4-7-10-11;/h6-9,11-12,17-18,24H,3-5,10,13-16,19H2,1-2H3,(H,32,36)(H,33,40)(H,34,39);2*1-5,7-8H;/q;2*-1;. The van der Waals surface area contributed by atoms with E-state index in [1.54, 1.807) is 28.0 Å². The summed E-state index contributed by atoms with van der Waals surface area (Å²) in [5.74, 6) is -2.86. The van der Waals surface area contributed by atoms with Gasteiger partial charge in [0.15, 0.2) is 0 Å². The van der Waals surface area contributed by atoms with E-state index < -0.39 is 33.4 Å². The number of para-hydroxylation sites is 2. The van der Waals surface area contributed by atoms with E-state index in [1.807, 2.05) is 92.1 Å². The molecular weight excluding hydrogens is 1060 g/mol. The molecule has 0 saturated heterocycles. The van der Waals surface area contributed by atoms with Crippen LogP contribution in [0.2, 0.25) is 0 Å². The molecule has 0 aliphatic carbocycles. The van der Waals surface area contributed by atoms with Gasteiger partial charge in [-0.05, 0) is 73.1 Å². The first-order valence-electron chi connectivity index (χ1n) is 20.8. The summed E-state index contributed by atoms with van der Waals surface area (Å²) < 4.78 is 32.9. The predicted molar refractivity (Wildman–Crippen MR) is 245 cm³/mol. The zero-order valence-corrected chi connectivity index (χ0v) is 40.0.